The van der Waals surface area contributed by atoms with E-state index in [0.29, 0.717) is 11.1 Å². The third-order valence-corrected chi connectivity index (χ3v) is 4.80. The van der Waals surface area contributed by atoms with Crippen LogP contribution >= 0.6 is 27.5 Å². The van der Waals surface area contributed by atoms with Gasteiger partial charge in [-0.2, -0.15) is 5.10 Å². The third-order valence-electron chi connectivity index (χ3n) is 3.97. The number of pyridine rings is 2. The van der Waals surface area contributed by atoms with Crippen molar-refractivity contribution >= 4 is 44.6 Å². The molecule has 0 saturated heterocycles. The van der Waals surface area contributed by atoms with Crippen molar-refractivity contribution in [3.05, 3.63) is 64.5 Å². The van der Waals surface area contributed by atoms with Crippen molar-refractivity contribution in [1.29, 1.82) is 0 Å². The molecule has 0 aliphatic heterocycles. The van der Waals surface area contributed by atoms with Crippen LogP contribution in [0.3, 0.4) is 0 Å². The Kier molecular flexibility index (Phi) is 3.62. The second-order valence-corrected chi connectivity index (χ2v) is 6.91. The van der Waals surface area contributed by atoms with Crippen LogP contribution in [0.4, 0.5) is 5.82 Å². The van der Waals surface area contributed by atoms with E-state index in [0.717, 1.165) is 39.9 Å². The summed E-state index contributed by atoms with van der Waals surface area (Å²) in [5.74, 6) is 0.884. The smallest absolute Gasteiger partial charge is 0.133 e. The molecule has 1 fully saturated rings. The lowest BCUT2D eigenvalue weighted by molar-refractivity contribution is 0.942. The quantitative estimate of drug-likeness (QED) is 0.643. The van der Waals surface area contributed by atoms with Gasteiger partial charge in [-0.3, -0.25) is 0 Å². The highest BCUT2D eigenvalue weighted by Crippen LogP contribution is 2.37. The summed E-state index contributed by atoms with van der Waals surface area (Å²) in [7, 11) is 0. The molecule has 0 spiro atoms. The molecule has 0 aromatic carbocycles. The third kappa shape index (κ3) is 2.75. The van der Waals surface area contributed by atoms with Crippen LogP contribution in [-0.4, -0.2) is 20.6 Å². The fourth-order valence-corrected chi connectivity index (χ4v) is 3.16. The Morgan fingerprint density at radius 2 is 2.13 bits per heavy atom. The van der Waals surface area contributed by atoms with Crippen molar-refractivity contribution in [3.8, 4) is 0 Å². The van der Waals surface area contributed by atoms with Crippen molar-refractivity contribution in [3.63, 3.8) is 0 Å². The van der Waals surface area contributed by atoms with E-state index in [9.17, 15) is 0 Å². The number of hydrogen-bond donors (Lipinski definition) is 0. The van der Waals surface area contributed by atoms with E-state index in [1.165, 1.54) is 0 Å². The predicted octanol–water partition coefficient (Wildman–Crippen LogP) is 4.78. The molecule has 0 bridgehead atoms. The number of hydrogen-bond acceptors (Lipinski definition) is 3. The summed E-state index contributed by atoms with van der Waals surface area (Å²) >= 11 is 9.49. The van der Waals surface area contributed by atoms with Gasteiger partial charge < -0.3 is 4.90 Å². The predicted molar refractivity (Wildman–Crippen MR) is 96.7 cm³/mol. The fourth-order valence-electron chi connectivity index (χ4n) is 2.66. The molecule has 0 atom stereocenters. The summed E-state index contributed by atoms with van der Waals surface area (Å²) < 4.78 is 2.80. The first-order valence-corrected chi connectivity index (χ1v) is 8.53. The van der Waals surface area contributed by atoms with Crippen LogP contribution < -0.4 is 4.90 Å². The van der Waals surface area contributed by atoms with Gasteiger partial charge in [0.1, 0.15) is 5.82 Å². The molecule has 23 heavy (non-hydrogen) atoms. The first kappa shape index (κ1) is 14.7. The zero-order valence-corrected chi connectivity index (χ0v) is 14.6. The second-order valence-electron chi connectivity index (χ2n) is 5.62. The maximum atomic E-state index is 5.96. The molecular formula is C17H14BrClN4. The van der Waals surface area contributed by atoms with Crippen LogP contribution in [0.5, 0.6) is 0 Å². The Bertz CT molecular complexity index is 883. The Balaban J connectivity index is 1.74. The van der Waals surface area contributed by atoms with Gasteiger partial charge in [-0.15, -0.1) is 0 Å². The van der Waals surface area contributed by atoms with Crippen molar-refractivity contribution < 1.29 is 0 Å². The molecule has 0 radical (unpaired) electrons. The van der Waals surface area contributed by atoms with Gasteiger partial charge in [0, 0.05) is 29.7 Å². The first-order valence-electron chi connectivity index (χ1n) is 7.36. The topological polar surface area (TPSA) is 33.4 Å². The molecule has 116 valence electrons. The van der Waals surface area contributed by atoms with E-state index < -0.39 is 0 Å². The van der Waals surface area contributed by atoms with Crippen LogP contribution in [0, 0.1) is 0 Å². The Morgan fingerprint density at radius 3 is 2.83 bits per heavy atom. The van der Waals surface area contributed by atoms with E-state index in [4.69, 9.17) is 11.6 Å². The van der Waals surface area contributed by atoms with Crippen molar-refractivity contribution in [2.24, 2.45) is 0 Å². The van der Waals surface area contributed by atoms with Gasteiger partial charge >= 0.3 is 0 Å². The molecule has 3 aromatic heterocycles. The maximum absolute atomic E-state index is 5.96. The number of aromatic nitrogens is 3. The molecule has 1 aliphatic carbocycles. The summed E-state index contributed by atoms with van der Waals surface area (Å²) in [6.45, 7) is 4.31. The van der Waals surface area contributed by atoms with Crippen molar-refractivity contribution in [2.45, 2.75) is 18.9 Å². The first-order chi connectivity index (χ1) is 11.1. The van der Waals surface area contributed by atoms with Gasteiger partial charge in [-0.1, -0.05) is 18.2 Å². The van der Waals surface area contributed by atoms with Crippen LogP contribution in [0.15, 0.2) is 53.9 Å². The average molecular weight is 390 g/mol. The molecule has 3 heterocycles. The van der Waals surface area contributed by atoms with Gasteiger partial charge in [-0.05, 0) is 53.0 Å². The SMILES string of the molecule is C=C(c1ccn2ncc(Br)c2c1)N(c1ccc(Cl)cn1)C1CC1. The Hall–Kier alpha value is -1.85. The summed E-state index contributed by atoms with van der Waals surface area (Å²) in [5.41, 5.74) is 3.02. The van der Waals surface area contributed by atoms with E-state index >= 15 is 0 Å². The fraction of sp³-hybridized carbons (Fsp3) is 0.176. The lowest BCUT2D eigenvalue weighted by Crippen LogP contribution is -2.24. The van der Waals surface area contributed by atoms with E-state index in [1.54, 1.807) is 12.4 Å². The summed E-state index contributed by atoms with van der Waals surface area (Å²) in [6, 6.07) is 8.38. The minimum absolute atomic E-state index is 0.459. The number of nitrogens with zero attached hydrogens (tertiary/aromatic N) is 4. The number of fused-ring (bicyclic) bond motifs is 1. The number of anilines is 1. The molecular weight excluding hydrogens is 376 g/mol. The van der Waals surface area contributed by atoms with Crippen molar-refractivity contribution in [2.75, 3.05) is 4.90 Å². The highest BCUT2D eigenvalue weighted by atomic mass is 79.9. The number of rotatable bonds is 4. The highest BCUT2D eigenvalue weighted by molar-refractivity contribution is 9.10. The molecule has 0 unspecified atom stereocenters. The van der Waals surface area contributed by atoms with Gasteiger partial charge in [0.15, 0.2) is 0 Å². The van der Waals surface area contributed by atoms with Crippen LogP contribution in [0.2, 0.25) is 5.02 Å². The standard InChI is InChI=1S/C17H14BrClN4/c1-11(12-6-7-22-16(8-12)15(18)10-21-22)23(14-3-4-14)17-5-2-13(19)9-20-17/h2,5-10,14H,1,3-4H2. The zero-order chi connectivity index (χ0) is 16.0. The van der Waals surface area contributed by atoms with Crippen LogP contribution in [0.1, 0.15) is 18.4 Å². The molecule has 4 nitrogen and oxygen atoms in total. The molecule has 1 saturated carbocycles. The van der Waals surface area contributed by atoms with Gasteiger partial charge in [0.25, 0.3) is 0 Å². The largest absolute Gasteiger partial charge is 0.323 e. The Labute approximate surface area is 147 Å². The summed E-state index contributed by atoms with van der Waals surface area (Å²) in [4.78, 5) is 6.66. The van der Waals surface area contributed by atoms with E-state index in [-0.39, 0.29) is 0 Å². The maximum Gasteiger partial charge on any atom is 0.133 e. The van der Waals surface area contributed by atoms with Crippen LogP contribution in [-0.2, 0) is 0 Å². The van der Waals surface area contributed by atoms with Gasteiger partial charge in [-0.25, -0.2) is 9.50 Å². The molecule has 6 heteroatoms. The highest BCUT2D eigenvalue weighted by Gasteiger charge is 2.32. The second kappa shape index (κ2) is 5.65. The minimum Gasteiger partial charge on any atom is -0.323 e. The van der Waals surface area contributed by atoms with E-state index in [2.05, 4.69) is 43.6 Å². The molecule has 3 aromatic rings. The van der Waals surface area contributed by atoms with E-state index in [1.807, 2.05) is 28.9 Å². The Morgan fingerprint density at radius 1 is 1.30 bits per heavy atom. The monoisotopic (exact) mass is 388 g/mol. The van der Waals surface area contributed by atoms with Gasteiger partial charge in [0.2, 0.25) is 0 Å². The molecule has 4 rings (SSSR count). The average Bonchev–Trinajstić information content (AvgIpc) is 3.33. The van der Waals surface area contributed by atoms with Crippen molar-refractivity contribution in [1.82, 2.24) is 14.6 Å². The summed E-state index contributed by atoms with van der Waals surface area (Å²) in [5, 5.41) is 4.92. The zero-order valence-electron chi connectivity index (χ0n) is 12.3. The van der Waals surface area contributed by atoms with Crippen LogP contribution in [0.25, 0.3) is 11.2 Å². The molecule has 0 amide bonds. The van der Waals surface area contributed by atoms with Gasteiger partial charge in [0.05, 0.1) is 21.2 Å². The number of halogens is 2. The lowest BCUT2D eigenvalue weighted by Gasteiger charge is -2.26. The molecule has 0 N–H and O–H groups in total. The normalized spacial score (nSPS) is 14.2. The lowest BCUT2D eigenvalue weighted by atomic mass is 10.1. The minimum atomic E-state index is 0.459. The molecule has 1 aliphatic rings. The summed E-state index contributed by atoms with van der Waals surface area (Å²) in [6.07, 6.45) is 7.72.